The van der Waals surface area contributed by atoms with Crippen molar-refractivity contribution < 1.29 is 34.4 Å². The zero-order chi connectivity index (χ0) is 41.0. The van der Waals surface area contributed by atoms with Crippen LogP contribution in [0.25, 0.3) is 66.4 Å². The van der Waals surface area contributed by atoms with E-state index in [4.69, 9.17) is 19.3 Å². The summed E-state index contributed by atoms with van der Waals surface area (Å²) in [4.78, 5) is 9.24. The molecule has 0 saturated carbocycles. The molecule has 0 unspecified atom stereocenters. The van der Waals surface area contributed by atoms with E-state index < -0.39 is 31.4 Å². The Kier molecular flexibility index (Phi) is 9.59. The molecule has 9 aromatic rings. The summed E-state index contributed by atoms with van der Waals surface area (Å²) in [5.41, 5.74) is 7.63. The normalized spacial score (nSPS) is 13.4. The summed E-state index contributed by atoms with van der Waals surface area (Å²) in [7, 11) is 0. The second kappa shape index (κ2) is 15.7. The quantitative estimate of drug-likeness (QED) is 0.123. The minimum Gasteiger partial charge on any atom is -0.500 e. The Morgan fingerprint density at radius 3 is 2.09 bits per heavy atom. The van der Waals surface area contributed by atoms with Crippen molar-refractivity contribution in [2.45, 2.75) is 50.8 Å². The van der Waals surface area contributed by atoms with Crippen molar-refractivity contribution in [3.8, 4) is 22.5 Å². The molecular formula is C49H44GeIrN2O2-2. The molecule has 55 heavy (non-hydrogen) atoms. The molecule has 4 nitrogen and oxygen atoms in total. The molecule has 277 valence electrons. The molecule has 0 amide bonds. The average Bonchev–Trinajstić information content (AvgIpc) is 3.79. The van der Waals surface area contributed by atoms with Gasteiger partial charge in [0, 0.05) is 34.4 Å². The van der Waals surface area contributed by atoms with Crippen molar-refractivity contribution in [1.82, 2.24) is 9.97 Å². The summed E-state index contributed by atoms with van der Waals surface area (Å²) < 4.78 is 48.3. The van der Waals surface area contributed by atoms with E-state index in [2.05, 4.69) is 34.4 Å². The molecule has 0 N–H and O–H groups in total. The minimum absolute atomic E-state index is 0. The van der Waals surface area contributed by atoms with Gasteiger partial charge in [-0.05, 0) is 29.6 Å². The standard InChI is InChI=1S/C27H24GeNO.C22H20NO.Ir/c1-28(2,3)24-18-29-25(17-20(24)16-19-10-5-4-6-11-19)23-14-9-13-22-21-12-7-8-15-26(21)30-27(22)23;1-22(2,3)14-15-10-11-23-19(12-15)16-8-9-21-18(13-16)17-6-4-5-7-20(17)24-21;/h4-13,15,17-18H,16H2,1-3H3;4-7,9-13H,14H2,1-3H3;/q2*-1;/i16D2;14D2;. The van der Waals surface area contributed by atoms with Crippen LogP contribution >= 0.6 is 0 Å². The second-order valence-electron chi connectivity index (χ2n) is 15.6. The van der Waals surface area contributed by atoms with Crippen molar-refractivity contribution in [3.63, 3.8) is 0 Å². The van der Waals surface area contributed by atoms with Gasteiger partial charge in [-0.1, -0.05) is 56.0 Å². The molecule has 0 spiro atoms. The van der Waals surface area contributed by atoms with Crippen LogP contribution in [0.5, 0.6) is 0 Å². The number of hydrogen-bond donors (Lipinski definition) is 0. The largest absolute Gasteiger partial charge is 0.500 e. The van der Waals surface area contributed by atoms with E-state index in [0.717, 1.165) is 59.4 Å². The summed E-state index contributed by atoms with van der Waals surface area (Å²) in [5.74, 6) is 6.81. The third kappa shape index (κ3) is 8.40. The van der Waals surface area contributed by atoms with E-state index in [1.807, 2.05) is 142 Å². The number of hydrogen-bond acceptors (Lipinski definition) is 4. The van der Waals surface area contributed by atoms with Gasteiger partial charge in [0.05, 0.1) is 5.58 Å². The molecule has 0 saturated heterocycles. The van der Waals surface area contributed by atoms with Gasteiger partial charge in [0.2, 0.25) is 0 Å². The predicted molar refractivity (Wildman–Crippen MR) is 227 cm³/mol. The molecule has 6 heteroatoms. The van der Waals surface area contributed by atoms with Gasteiger partial charge in [0.15, 0.2) is 0 Å². The molecule has 0 fully saturated rings. The van der Waals surface area contributed by atoms with Crippen LogP contribution in [0.1, 0.15) is 42.9 Å². The molecule has 0 aliphatic carbocycles. The molecule has 1 radical (unpaired) electrons. The van der Waals surface area contributed by atoms with Crippen LogP contribution in [0, 0.1) is 17.5 Å². The molecule has 0 bridgehead atoms. The van der Waals surface area contributed by atoms with Crippen LogP contribution in [0.2, 0.25) is 17.3 Å². The minimum atomic E-state index is -2.42. The number of pyridine rings is 2. The van der Waals surface area contributed by atoms with E-state index in [-0.39, 0.29) is 20.1 Å². The molecule has 0 aliphatic rings. The first kappa shape index (κ1) is 33.5. The van der Waals surface area contributed by atoms with E-state index in [1.54, 1.807) is 12.3 Å². The zero-order valence-corrected chi connectivity index (χ0v) is 36.2. The first-order valence-corrected chi connectivity index (χ1v) is 25.6. The Morgan fingerprint density at radius 2 is 1.36 bits per heavy atom. The van der Waals surface area contributed by atoms with E-state index in [9.17, 15) is 0 Å². The molecule has 9 rings (SSSR count). The van der Waals surface area contributed by atoms with Gasteiger partial charge in [0.1, 0.15) is 5.58 Å². The van der Waals surface area contributed by atoms with Gasteiger partial charge < -0.3 is 9.40 Å². The van der Waals surface area contributed by atoms with Crippen molar-refractivity contribution >= 4 is 61.5 Å². The van der Waals surface area contributed by atoms with Crippen LogP contribution < -0.4 is 4.40 Å². The van der Waals surface area contributed by atoms with E-state index in [1.165, 1.54) is 0 Å². The van der Waals surface area contributed by atoms with Crippen molar-refractivity contribution in [1.29, 1.82) is 0 Å². The Labute approximate surface area is 345 Å². The van der Waals surface area contributed by atoms with Crippen LogP contribution in [0.4, 0.5) is 0 Å². The van der Waals surface area contributed by atoms with Crippen molar-refractivity contribution in [2.24, 2.45) is 5.41 Å². The van der Waals surface area contributed by atoms with Gasteiger partial charge >= 0.3 is 183 Å². The molecule has 4 heterocycles. The number of para-hydroxylation sites is 2. The second-order valence-corrected chi connectivity index (χ2v) is 26.1. The molecule has 0 aliphatic heterocycles. The Hall–Kier alpha value is -4.81. The van der Waals surface area contributed by atoms with Crippen molar-refractivity contribution in [2.75, 3.05) is 0 Å². The summed E-state index contributed by atoms with van der Waals surface area (Å²) in [5, 5.41) is 4.14. The van der Waals surface area contributed by atoms with E-state index >= 15 is 0 Å². The Morgan fingerprint density at radius 1 is 0.673 bits per heavy atom. The van der Waals surface area contributed by atoms with Gasteiger partial charge in [-0.2, -0.15) is 0 Å². The topological polar surface area (TPSA) is 52.1 Å². The summed E-state index contributed by atoms with van der Waals surface area (Å²) in [6, 6.07) is 45.1. The summed E-state index contributed by atoms with van der Waals surface area (Å²) in [6.45, 7) is 5.72. The van der Waals surface area contributed by atoms with Gasteiger partial charge in [-0.3, -0.25) is 0 Å². The number of rotatable bonds is 6. The third-order valence-electron chi connectivity index (χ3n) is 9.22. The van der Waals surface area contributed by atoms with Crippen LogP contribution in [-0.4, -0.2) is 23.2 Å². The summed E-state index contributed by atoms with van der Waals surface area (Å²) >= 11 is -2.42. The predicted octanol–water partition coefficient (Wildman–Crippen LogP) is 12.6. The summed E-state index contributed by atoms with van der Waals surface area (Å²) in [6.07, 6.45) is 0.465. The smallest absolute Gasteiger partial charge is 0.120 e. The van der Waals surface area contributed by atoms with Gasteiger partial charge in [-0.25, -0.2) is 0 Å². The molecule has 4 aromatic heterocycles. The average molecular weight is 962 g/mol. The molecular weight excluding hydrogens is 913 g/mol. The molecule has 0 atom stereocenters. The third-order valence-corrected chi connectivity index (χ3v) is 13.5. The van der Waals surface area contributed by atoms with Crippen LogP contribution in [0.3, 0.4) is 0 Å². The molecule has 5 aromatic carbocycles. The van der Waals surface area contributed by atoms with Gasteiger partial charge in [0.25, 0.3) is 0 Å². The monoisotopic (exact) mass is 963 g/mol. The maximum Gasteiger partial charge on any atom is 0.120 e. The number of furan rings is 2. The van der Waals surface area contributed by atoms with E-state index in [0.29, 0.717) is 28.1 Å². The number of fused-ring (bicyclic) bond motifs is 6. The fraction of sp³-hybridized carbons (Fsp3) is 0.184. The number of aromatic nitrogens is 2. The van der Waals surface area contributed by atoms with Crippen LogP contribution in [-0.2, 0) is 32.9 Å². The van der Waals surface area contributed by atoms with Crippen LogP contribution in [0.15, 0.2) is 143 Å². The van der Waals surface area contributed by atoms with Crippen molar-refractivity contribution in [3.05, 3.63) is 163 Å². The maximum absolute atomic E-state index is 9.07. The maximum atomic E-state index is 9.07. The number of benzene rings is 5. The van der Waals surface area contributed by atoms with Gasteiger partial charge in [-0.15, -0.1) is 23.8 Å². The first-order chi connectivity index (χ1) is 27.5. The number of nitrogens with zero attached hydrogens (tertiary/aromatic N) is 2. The fourth-order valence-electron chi connectivity index (χ4n) is 6.76. The SMILES string of the molecule is [2H]C([2H])(c1ccccc1)c1cc(-c2[c-]ccc3c2oc2ccccc23)nc[c]1[Ge]([CH3])([CH3])[CH3].[2H]C([2H])(c1ccnc(-c2[c-]cc3oc4ccccc4c3c2)c1)C(C)(C)C.[Ir]. The Balaban J connectivity index is 0.000000180. The first-order valence-electron chi connectivity index (χ1n) is 20.2. The Bertz CT molecular complexity index is 2950. The zero-order valence-electron chi connectivity index (χ0n) is 35.7. The fourth-order valence-corrected chi connectivity index (χ4v) is 9.68.